The molecule has 2 aromatic rings. The number of carbonyl (C=O) groups excluding carboxylic acids is 2. The van der Waals surface area contributed by atoms with Crippen LogP contribution in [0.5, 0.6) is 5.75 Å². The van der Waals surface area contributed by atoms with E-state index in [0.717, 1.165) is 12.2 Å². The third-order valence-corrected chi connectivity index (χ3v) is 4.46. The van der Waals surface area contributed by atoms with Crippen molar-refractivity contribution in [3.63, 3.8) is 0 Å². The molecule has 1 N–H and O–H groups in total. The van der Waals surface area contributed by atoms with E-state index in [0.29, 0.717) is 23.5 Å². The predicted octanol–water partition coefficient (Wildman–Crippen LogP) is 2.04. The number of amides is 2. The molecule has 0 saturated carbocycles. The molecule has 1 atom stereocenters. The lowest BCUT2D eigenvalue weighted by molar-refractivity contribution is -0.118. The van der Waals surface area contributed by atoms with Gasteiger partial charge in [-0.3, -0.25) is 9.59 Å². The van der Waals surface area contributed by atoms with Crippen molar-refractivity contribution in [3.05, 3.63) is 47.8 Å². The van der Waals surface area contributed by atoms with Crippen LogP contribution in [-0.2, 0) is 11.3 Å². The number of hydrogen-bond acceptors (Lipinski definition) is 3. The Morgan fingerprint density at radius 2 is 2.17 bits per heavy atom. The van der Waals surface area contributed by atoms with Gasteiger partial charge in [0.05, 0.1) is 11.7 Å². The minimum Gasteiger partial charge on any atom is -0.482 e. The SMILES string of the molecule is C[C@@H]1c2cccn2CCN1C(=O)c1ccc2c(c1)OCC(=O)N2. The Morgan fingerprint density at radius 1 is 1.30 bits per heavy atom. The number of fused-ring (bicyclic) bond motifs is 2. The summed E-state index contributed by atoms with van der Waals surface area (Å²) < 4.78 is 7.58. The van der Waals surface area contributed by atoms with Gasteiger partial charge in [0, 0.05) is 30.5 Å². The maximum atomic E-state index is 12.9. The van der Waals surface area contributed by atoms with Crippen LogP contribution in [0.4, 0.5) is 5.69 Å². The molecule has 2 aliphatic rings. The molecule has 6 heteroatoms. The minimum absolute atomic E-state index is 0.0156. The van der Waals surface area contributed by atoms with Crippen molar-refractivity contribution in [2.75, 3.05) is 18.5 Å². The van der Waals surface area contributed by atoms with Gasteiger partial charge in [0.25, 0.3) is 11.8 Å². The molecule has 3 heterocycles. The summed E-state index contributed by atoms with van der Waals surface area (Å²) in [5.41, 5.74) is 2.33. The molecular weight excluding hydrogens is 294 g/mol. The first-order chi connectivity index (χ1) is 11.1. The summed E-state index contributed by atoms with van der Waals surface area (Å²) in [6, 6.07) is 9.25. The molecular formula is C17H17N3O3. The van der Waals surface area contributed by atoms with Gasteiger partial charge < -0.3 is 19.5 Å². The fourth-order valence-electron chi connectivity index (χ4n) is 3.23. The number of nitrogens with zero attached hydrogens (tertiary/aromatic N) is 2. The molecule has 2 aliphatic heterocycles. The predicted molar refractivity (Wildman–Crippen MR) is 84.5 cm³/mol. The van der Waals surface area contributed by atoms with Crippen LogP contribution in [0.2, 0.25) is 0 Å². The number of benzene rings is 1. The zero-order valence-corrected chi connectivity index (χ0v) is 12.8. The van der Waals surface area contributed by atoms with Crippen molar-refractivity contribution in [3.8, 4) is 5.75 Å². The van der Waals surface area contributed by atoms with Crippen molar-refractivity contribution >= 4 is 17.5 Å². The van der Waals surface area contributed by atoms with E-state index >= 15 is 0 Å². The number of carbonyl (C=O) groups is 2. The zero-order chi connectivity index (χ0) is 16.0. The van der Waals surface area contributed by atoms with Crippen molar-refractivity contribution in [1.82, 2.24) is 9.47 Å². The van der Waals surface area contributed by atoms with Gasteiger partial charge in [-0.15, -0.1) is 0 Å². The lowest BCUT2D eigenvalue weighted by Crippen LogP contribution is -2.40. The number of aromatic nitrogens is 1. The van der Waals surface area contributed by atoms with Gasteiger partial charge in [0.2, 0.25) is 0 Å². The Morgan fingerprint density at radius 3 is 3.04 bits per heavy atom. The number of ether oxygens (including phenoxy) is 1. The van der Waals surface area contributed by atoms with Crippen molar-refractivity contribution in [2.45, 2.75) is 19.5 Å². The molecule has 1 aromatic carbocycles. The summed E-state index contributed by atoms with van der Waals surface area (Å²) in [5.74, 6) is 0.346. The van der Waals surface area contributed by atoms with E-state index in [2.05, 4.69) is 16.0 Å². The number of hydrogen-bond donors (Lipinski definition) is 1. The van der Waals surface area contributed by atoms with E-state index in [1.54, 1.807) is 18.2 Å². The number of anilines is 1. The van der Waals surface area contributed by atoms with Crippen LogP contribution in [0.25, 0.3) is 0 Å². The van der Waals surface area contributed by atoms with Crippen LogP contribution in [-0.4, -0.2) is 34.4 Å². The second-order valence-corrected chi connectivity index (χ2v) is 5.85. The second-order valence-electron chi connectivity index (χ2n) is 5.85. The molecule has 0 radical (unpaired) electrons. The highest BCUT2D eigenvalue weighted by Gasteiger charge is 2.29. The topological polar surface area (TPSA) is 63.6 Å². The van der Waals surface area contributed by atoms with Crippen LogP contribution in [0, 0.1) is 0 Å². The third-order valence-electron chi connectivity index (χ3n) is 4.46. The van der Waals surface area contributed by atoms with Crippen molar-refractivity contribution in [2.24, 2.45) is 0 Å². The van der Waals surface area contributed by atoms with Crippen LogP contribution < -0.4 is 10.1 Å². The normalized spacial score (nSPS) is 19.4. The lowest BCUT2D eigenvalue weighted by Gasteiger charge is -2.35. The first-order valence-corrected chi connectivity index (χ1v) is 7.66. The van der Waals surface area contributed by atoms with Crippen LogP contribution in [0.3, 0.4) is 0 Å². The van der Waals surface area contributed by atoms with Gasteiger partial charge in [0.1, 0.15) is 5.75 Å². The summed E-state index contributed by atoms with van der Waals surface area (Å²) in [6.07, 6.45) is 2.04. The molecule has 0 bridgehead atoms. The Balaban J connectivity index is 1.61. The highest BCUT2D eigenvalue weighted by Crippen LogP contribution is 2.31. The standard InChI is InChI=1S/C17H17N3O3/c1-11-14-3-2-6-19(14)7-8-20(11)17(22)12-4-5-13-15(9-12)23-10-16(21)18-13/h2-6,9,11H,7-8,10H2,1H3,(H,18,21)/t11-/m1/s1. The lowest BCUT2D eigenvalue weighted by atomic mass is 10.1. The van der Waals surface area contributed by atoms with Crippen molar-refractivity contribution in [1.29, 1.82) is 0 Å². The molecule has 0 aliphatic carbocycles. The van der Waals surface area contributed by atoms with Gasteiger partial charge in [-0.2, -0.15) is 0 Å². The van der Waals surface area contributed by atoms with Crippen molar-refractivity contribution < 1.29 is 14.3 Å². The van der Waals surface area contributed by atoms with E-state index in [4.69, 9.17) is 4.74 Å². The largest absolute Gasteiger partial charge is 0.482 e. The first-order valence-electron chi connectivity index (χ1n) is 7.66. The van der Waals surface area contributed by atoms with Gasteiger partial charge in [-0.25, -0.2) is 0 Å². The Hall–Kier alpha value is -2.76. The monoisotopic (exact) mass is 311 g/mol. The summed E-state index contributed by atoms with van der Waals surface area (Å²) in [6.45, 7) is 3.50. The summed E-state index contributed by atoms with van der Waals surface area (Å²) >= 11 is 0. The highest BCUT2D eigenvalue weighted by molar-refractivity contribution is 5.99. The Kier molecular flexibility index (Phi) is 3.11. The molecule has 2 amide bonds. The summed E-state index contributed by atoms with van der Waals surface area (Å²) in [5, 5.41) is 2.73. The zero-order valence-electron chi connectivity index (χ0n) is 12.8. The average molecular weight is 311 g/mol. The fraction of sp³-hybridized carbons (Fsp3) is 0.294. The molecule has 1 aromatic heterocycles. The smallest absolute Gasteiger partial charge is 0.262 e. The second kappa shape index (κ2) is 5.15. The highest BCUT2D eigenvalue weighted by atomic mass is 16.5. The van der Waals surface area contributed by atoms with Gasteiger partial charge in [-0.1, -0.05) is 0 Å². The van der Waals surface area contributed by atoms with Crippen LogP contribution >= 0.6 is 0 Å². The first kappa shape index (κ1) is 13.9. The fourth-order valence-corrected chi connectivity index (χ4v) is 3.23. The van der Waals surface area contributed by atoms with Gasteiger partial charge in [0.15, 0.2) is 6.61 Å². The van der Waals surface area contributed by atoms with E-state index in [1.807, 2.05) is 24.1 Å². The minimum atomic E-state index is -0.179. The maximum Gasteiger partial charge on any atom is 0.262 e. The summed E-state index contributed by atoms with van der Waals surface area (Å²) in [7, 11) is 0. The van der Waals surface area contributed by atoms with E-state index in [9.17, 15) is 9.59 Å². The Bertz CT molecular complexity index is 796. The molecule has 23 heavy (non-hydrogen) atoms. The molecule has 0 saturated heterocycles. The Labute approximate surface area is 133 Å². The summed E-state index contributed by atoms with van der Waals surface area (Å²) in [4.78, 5) is 26.1. The van der Waals surface area contributed by atoms with E-state index in [-0.39, 0.29) is 24.5 Å². The molecule has 0 fully saturated rings. The molecule has 6 nitrogen and oxygen atoms in total. The quantitative estimate of drug-likeness (QED) is 0.876. The van der Waals surface area contributed by atoms with E-state index < -0.39 is 0 Å². The van der Waals surface area contributed by atoms with Crippen LogP contribution in [0.1, 0.15) is 29.0 Å². The number of rotatable bonds is 1. The van der Waals surface area contributed by atoms with E-state index in [1.165, 1.54) is 0 Å². The molecule has 118 valence electrons. The molecule has 0 unspecified atom stereocenters. The average Bonchev–Trinajstić information content (AvgIpc) is 3.03. The molecule has 0 spiro atoms. The maximum absolute atomic E-state index is 12.9. The number of nitrogens with one attached hydrogen (secondary N) is 1. The van der Waals surface area contributed by atoms with Crippen LogP contribution in [0.15, 0.2) is 36.5 Å². The van der Waals surface area contributed by atoms with Gasteiger partial charge >= 0.3 is 0 Å². The van der Waals surface area contributed by atoms with Gasteiger partial charge in [-0.05, 0) is 37.3 Å². The third kappa shape index (κ3) is 2.27. The molecule has 4 rings (SSSR count).